The molecular weight excluding hydrogens is 330 g/mol. The summed E-state index contributed by atoms with van der Waals surface area (Å²) in [5.41, 5.74) is 3.60. The zero-order valence-corrected chi connectivity index (χ0v) is 14.2. The van der Waals surface area contributed by atoms with Crippen LogP contribution in [-0.4, -0.2) is 23.3 Å². The molecule has 6 heteroatoms. The van der Waals surface area contributed by atoms with Crippen molar-refractivity contribution in [2.24, 2.45) is 5.10 Å². The van der Waals surface area contributed by atoms with Crippen LogP contribution in [0.1, 0.15) is 29.8 Å². The van der Waals surface area contributed by atoms with Crippen LogP contribution in [0, 0.1) is 0 Å². The molecule has 0 fully saturated rings. The van der Waals surface area contributed by atoms with Crippen molar-refractivity contribution in [1.82, 2.24) is 0 Å². The lowest BCUT2D eigenvalue weighted by molar-refractivity contribution is -0.115. The number of Topliss-reactive ketones (excluding diaryl/α,β-unsaturated/α-hetero) is 1. The first kappa shape index (κ1) is 16.0. The lowest BCUT2D eigenvalue weighted by atomic mass is 9.98. The number of anilines is 2. The van der Waals surface area contributed by atoms with Gasteiger partial charge in [0.2, 0.25) is 0 Å². The molecule has 4 rings (SSSR count). The van der Waals surface area contributed by atoms with Crippen LogP contribution >= 0.6 is 0 Å². The van der Waals surface area contributed by atoms with Gasteiger partial charge < -0.3 is 5.32 Å². The SMILES string of the molecule is CC(=O)c1ccc(N2N=C(C)C(=C3C(=O)Nc4ccccc43)C2=O)cc1. The largest absolute Gasteiger partial charge is 0.321 e. The monoisotopic (exact) mass is 345 g/mol. The molecule has 0 aromatic heterocycles. The van der Waals surface area contributed by atoms with E-state index < -0.39 is 0 Å². The maximum absolute atomic E-state index is 13.0. The van der Waals surface area contributed by atoms with Crippen molar-refractivity contribution in [2.45, 2.75) is 13.8 Å². The van der Waals surface area contributed by atoms with Gasteiger partial charge in [-0.25, -0.2) is 0 Å². The van der Waals surface area contributed by atoms with Gasteiger partial charge >= 0.3 is 0 Å². The fourth-order valence-electron chi connectivity index (χ4n) is 3.17. The van der Waals surface area contributed by atoms with Crippen LogP contribution in [-0.2, 0) is 9.59 Å². The number of benzene rings is 2. The van der Waals surface area contributed by atoms with E-state index in [-0.39, 0.29) is 17.6 Å². The number of hydrazone groups is 1. The molecule has 2 aliphatic rings. The predicted molar refractivity (Wildman–Crippen MR) is 99.0 cm³/mol. The zero-order valence-electron chi connectivity index (χ0n) is 14.2. The van der Waals surface area contributed by atoms with Gasteiger partial charge in [0, 0.05) is 16.8 Å². The minimum absolute atomic E-state index is 0.0500. The minimum Gasteiger partial charge on any atom is -0.321 e. The number of ketones is 1. The Bertz CT molecular complexity index is 1030. The quantitative estimate of drug-likeness (QED) is 0.671. The molecule has 0 bridgehead atoms. The van der Waals surface area contributed by atoms with E-state index in [0.29, 0.717) is 39.4 Å². The molecule has 2 heterocycles. The Morgan fingerprint density at radius 2 is 1.69 bits per heavy atom. The van der Waals surface area contributed by atoms with Gasteiger partial charge in [0.25, 0.3) is 11.8 Å². The summed E-state index contributed by atoms with van der Waals surface area (Å²) in [4.78, 5) is 36.8. The molecule has 0 saturated carbocycles. The zero-order chi connectivity index (χ0) is 18.4. The molecule has 2 aromatic carbocycles. The highest BCUT2D eigenvalue weighted by Crippen LogP contribution is 2.36. The Balaban J connectivity index is 1.78. The molecule has 0 unspecified atom stereocenters. The summed E-state index contributed by atoms with van der Waals surface area (Å²) in [6.45, 7) is 3.19. The highest BCUT2D eigenvalue weighted by Gasteiger charge is 2.37. The minimum atomic E-state index is -0.361. The fourth-order valence-corrected chi connectivity index (χ4v) is 3.17. The number of carbonyl (C=O) groups is 3. The molecule has 2 aromatic rings. The van der Waals surface area contributed by atoms with Gasteiger partial charge in [-0.05, 0) is 44.2 Å². The average molecular weight is 345 g/mol. The van der Waals surface area contributed by atoms with Gasteiger partial charge in [-0.3, -0.25) is 14.4 Å². The van der Waals surface area contributed by atoms with Crippen molar-refractivity contribution < 1.29 is 14.4 Å². The van der Waals surface area contributed by atoms with Crippen LogP contribution < -0.4 is 10.3 Å². The lowest BCUT2D eigenvalue weighted by Crippen LogP contribution is -2.23. The van der Waals surface area contributed by atoms with Gasteiger partial charge in [-0.2, -0.15) is 10.1 Å². The van der Waals surface area contributed by atoms with E-state index >= 15 is 0 Å². The van der Waals surface area contributed by atoms with E-state index in [2.05, 4.69) is 10.4 Å². The molecule has 0 aliphatic carbocycles. The van der Waals surface area contributed by atoms with Gasteiger partial charge in [0.05, 0.1) is 22.5 Å². The summed E-state index contributed by atoms with van der Waals surface area (Å²) < 4.78 is 0. The molecule has 2 aliphatic heterocycles. The maximum Gasteiger partial charge on any atom is 0.281 e. The Kier molecular flexibility index (Phi) is 3.54. The van der Waals surface area contributed by atoms with Crippen LogP contribution in [0.3, 0.4) is 0 Å². The lowest BCUT2D eigenvalue weighted by Gasteiger charge is -2.12. The second-order valence-corrected chi connectivity index (χ2v) is 6.16. The second-order valence-electron chi connectivity index (χ2n) is 6.16. The molecule has 0 saturated heterocycles. The molecule has 0 atom stereocenters. The van der Waals surface area contributed by atoms with Crippen LogP contribution in [0.25, 0.3) is 5.57 Å². The number of rotatable bonds is 2. The van der Waals surface area contributed by atoms with Crippen molar-refractivity contribution in [3.63, 3.8) is 0 Å². The number of fused-ring (bicyclic) bond motifs is 1. The first-order chi connectivity index (χ1) is 12.5. The molecule has 1 N–H and O–H groups in total. The third kappa shape index (κ3) is 2.35. The Morgan fingerprint density at radius 3 is 2.38 bits per heavy atom. The van der Waals surface area contributed by atoms with E-state index in [0.717, 1.165) is 0 Å². The van der Waals surface area contributed by atoms with E-state index in [1.807, 2.05) is 12.1 Å². The first-order valence-electron chi connectivity index (χ1n) is 8.13. The summed E-state index contributed by atoms with van der Waals surface area (Å²) in [6, 6.07) is 13.9. The van der Waals surface area contributed by atoms with E-state index in [4.69, 9.17) is 0 Å². The van der Waals surface area contributed by atoms with Crippen LogP contribution in [0.2, 0.25) is 0 Å². The molecular formula is C20H15N3O3. The van der Waals surface area contributed by atoms with Gasteiger partial charge in [-0.1, -0.05) is 18.2 Å². The smallest absolute Gasteiger partial charge is 0.281 e. The van der Waals surface area contributed by atoms with Crippen molar-refractivity contribution in [2.75, 3.05) is 10.3 Å². The van der Waals surface area contributed by atoms with Crippen molar-refractivity contribution in [3.05, 3.63) is 65.2 Å². The van der Waals surface area contributed by atoms with Crippen molar-refractivity contribution >= 4 is 40.3 Å². The van der Waals surface area contributed by atoms with Gasteiger partial charge in [-0.15, -0.1) is 0 Å². The fraction of sp³-hybridized carbons (Fsp3) is 0.100. The Labute approximate surface area is 149 Å². The number of nitrogens with zero attached hydrogens (tertiary/aromatic N) is 2. The third-order valence-electron chi connectivity index (χ3n) is 4.46. The Hall–Kier alpha value is -3.54. The number of amides is 2. The summed E-state index contributed by atoms with van der Waals surface area (Å²) in [6.07, 6.45) is 0. The van der Waals surface area contributed by atoms with Crippen molar-refractivity contribution in [3.8, 4) is 0 Å². The molecule has 0 spiro atoms. The van der Waals surface area contributed by atoms with E-state index in [9.17, 15) is 14.4 Å². The molecule has 128 valence electrons. The van der Waals surface area contributed by atoms with E-state index in [1.54, 1.807) is 43.3 Å². The summed E-state index contributed by atoms with van der Waals surface area (Å²) in [5.74, 6) is -0.719. The highest BCUT2D eigenvalue weighted by atomic mass is 16.2. The number of carbonyl (C=O) groups excluding carboxylic acids is 3. The van der Waals surface area contributed by atoms with Crippen LogP contribution in [0.15, 0.2) is 59.2 Å². The topological polar surface area (TPSA) is 78.8 Å². The predicted octanol–water partition coefficient (Wildman–Crippen LogP) is 3.02. The van der Waals surface area contributed by atoms with Gasteiger partial charge in [0.1, 0.15) is 0 Å². The van der Waals surface area contributed by atoms with Gasteiger partial charge in [0.15, 0.2) is 5.78 Å². The summed E-state index contributed by atoms with van der Waals surface area (Å²) >= 11 is 0. The summed E-state index contributed by atoms with van der Waals surface area (Å²) in [5, 5.41) is 8.36. The number of nitrogens with one attached hydrogen (secondary N) is 1. The normalized spacial score (nSPS) is 18.7. The number of hydrogen-bond acceptors (Lipinski definition) is 4. The number of para-hydroxylation sites is 1. The second kappa shape index (κ2) is 5.77. The summed E-state index contributed by atoms with van der Waals surface area (Å²) in [7, 11) is 0. The Morgan fingerprint density at radius 1 is 1.00 bits per heavy atom. The standard InChI is InChI=1S/C20H15N3O3/c1-11-17(18-15-5-3-4-6-16(15)21-19(18)25)20(26)23(22-11)14-9-7-13(8-10-14)12(2)24/h3-10H,1-2H3,(H,21,25). The number of hydrogen-bond donors (Lipinski definition) is 1. The highest BCUT2D eigenvalue weighted by molar-refractivity contribution is 6.45. The third-order valence-corrected chi connectivity index (χ3v) is 4.46. The molecule has 26 heavy (non-hydrogen) atoms. The molecule has 2 amide bonds. The van der Waals surface area contributed by atoms with Crippen molar-refractivity contribution in [1.29, 1.82) is 0 Å². The van der Waals surface area contributed by atoms with E-state index in [1.165, 1.54) is 11.9 Å². The molecule has 0 radical (unpaired) electrons. The maximum atomic E-state index is 13.0. The first-order valence-corrected chi connectivity index (χ1v) is 8.13. The van der Waals surface area contributed by atoms with Crippen LogP contribution in [0.4, 0.5) is 11.4 Å². The van der Waals surface area contributed by atoms with Crippen LogP contribution in [0.5, 0.6) is 0 Å². The average Bonchev–Trinajstić information content (AvgIpc) is 3.10. The molecule has 6 nitrogen and oxygen atoms in total.